The molecule has 6 heteroatoms. The Labute approximate surface area is 136 Å². The second kappa shape index (κ2) is 11.1. The molecule has 1 aliphatic rings. The number of hydrogen-bond donors (Lipinski definition) is 0. The van der Waals surface area contributed by atoms with Crippen LogP contribution in [0.15, 0.2) is 0 Å². The van der Waals surface area contributed by atoms with E-state index in [1.165, 1.54) is 0 Å². The normalized spacial score (nSPS) is 16.2. The first-order valence-corrected chi connectivity index (χ1v) is 7.93. The average molecular weight is 322 g/mol. The first-order chi connectivity index (χ1) is 9.56. The van der Waals surface area contributed by atoms with Crippen LogP contribution >= 0.6 is 12.4 Å². The third-order valence-electron chi connectivity index (χ3n) is 3.80. The van der Waals surface area contributed by atoms with Crippen LogP contribution < -0.4 is 0 Å². The molecule has 1 saturated heterocycles. The Hall–Kier alpha value is -0.520. The lowest BCUT2D eigenvalue weighted by molar-refractivity contribution is 0.0669. The van der Waals surface area contributed by atoms with Crippen LogP contribution in [-0.2, 0) is 4.74 Å². The van der Waals surface area contributed by atoms with Crippen LogP contribution in [0.3, 0.4) is 0 Å². The molecular formula is C15H32ClN3O2. The van der Waals surface area contributed by atoms with Gasteiger partial charge >= 0.3 is 6.09 Å². The van der Waals surface area contributed by atoms with E-state index in [2.05, 4.69) is 37.5 Å². The van der Waals surface area contributed by atoms with Gasteiger partial charge in [-0.15, -0.1) is 12.4 Å². The molecule has 5 nitrogen and oxygen atoms in total. The third-order valence-corrected chi connectivity index (χ3v) is 3.80. The number of halogens is 1. The van der Waals surface area contributed by atoms with E-state index in [4.69, 9.17) is 4.74 Å². The van der Waals surface area contributed by atoms with Gasteiger partial charge in [0.05, 0.1) is 6.61 Å². The van der Waals surface area contributed by atoms with Gasteiger partial charge in [0.2, 0.25) is 0 Å². The Morgan fingerprint density at radius 2 is 1.71 bits per heavy atom. The van der Waals surface area contributed by atoms with Crippen molar-refractivity contribution in [2.75, 3.05) is 59.0 Å². The van der Waals surface area contributed by atoms with Gasteiger partial charge in [0.15, 0.2) is 0 Å². The number of likely N-dealkylation sites (N-methyl/N-ethyl adjacent to an activating group) is 1. The number of ether oxygens (including phenoxy) is 1. The van der Waals surface area contributed by atoms with Crippen molar-refractivity contribution in [3.8, 4) is 0 Å². The van der Waals surface area contributed by atoms with E-state index >= 15 is 0 Å². The van der Waals surface area contributed by atoms with Crippen LogP contribution in [0.4, 0.5) is 4.79 Å². The molecule has 0 aromatic carbocycles. The van der Waals surface area contributed by atoms with Crippen molar-refractivity contribution in [3.05, 3.63) is 0 Å². The van der Waals surface area contributed by atoms with Crippen molar-refractivity contribution in [3.63, 3.8) is 0 Å². The zero-order chi connectivity index (χ0) is 15.0. The predicted octanol–water partition coefficient (Wildman–Crippen LogP) is 2.16. The van der Waals surface area contributed by atoms with E-state index in [0.717, 1.165) is 52.4 Å². The maximum absolute atomic E-state index is 11.8. The van der Waals surface area contributed by atoms with Crippen molar-refractivity contribution >= 4 is 18.5 Å². The molecule has 126 valence electrons. The largest absolute Gasteiger partial charge is 0.449 e. The Morgan fingerprint density at radius 1 is 1.14 bits per heavy atom. The van der Waals surface area contributed by atoms with Gasteiger partial charge in [-0.05, 0) is 19.0 Å². The molecule has 0 spiro atoms. The highest BCUT2D eigenvalue weighted by atomic mass is 35.5. The third kappa shape index (κ3) is 7.88. The molecule has 0 aromatic rings. The molecule has 0 atom stereocenters. The van der Waals surface area contributed by atoms with Gasteiger partial charge in [0.25, 0.3) is 0 Å². The Balaban J connectivity index is 0.00000400. The van der Waals surface area contributed by atoms with Crippen LogP contribution in [0.5, 0.6) is 0 Å². The molecule has 21 heavy (non-hydrogen) atoms. The number of nitrogens with zero attached hydrogens (tertiary/aromatic N) is 3. The van der Waals surface area contributed by atoms with Gasteiger partial charge in [0.1, 0.15) is 0 Å². The number of rotatable bonds is 7. The lowest BCUT2D eigenvalue weighted by Gasteiger charge is -2.35. The molecule has 0 unspecified atom stereocenters. The zero-order valence-corrected chi connectivity index (χ0v) is 14.8. The van der Waals surface area contributed by atoms with E-state index in [9.17, 15) is 4.79 Å². The summed E-state index contributed by atoms with van der Waals surface area (Å²) >= 11 is 0. The number of hydrogen-bond acceptors (Lipinski definition) is 4. The molecule has 1 heterocycles. The first-order valence-electron chi connectivity index (χ1n) is 7.93. The highest BCUT2D eigenvalue weighted by Crippen LogP contribution is 2.05. The second-order valence-electron chi connectivity index (χ2n) is 5.83. The molecular weight excluding hydrogens is 290 g/mol. The van der Waals surface area contributed by atoms with Crippen LogP contribution in [0, 0.1) is 5.92 Å². The van der Waals surface area contributed by atoms with Gasteiger partial charge in [-0.3, -0.25) is 4.90 Å². The topological polar surface area (TPSA) is 36.0 Å². The maximum atomic E-state index is 11.8. The molecule has 1 fully saturated rings. The molecule has 0 aromatic heterocycles. The van der Waals surface area contributed by atoms with Gasteiger partial charge in [-0.2, -0.15) is 0 Å². The van der Waals surface area contributed by atoms with E-state index in [1.807, 2.05) is 4.90 Å². The lowest BCUT2D eigenvalue weighted by Crippen LogP contribution is -2.50. The van der Waals surface area contributed by atoms with Crippen LogP contribution in [-0.4, -0.2) is 79.8 Å². The van der Waals surface area contributed by atoms with Gasteiger partial charge in [-0.1, -0.05) is 27.7 Å². The summed E-state index contributed by atoms with van der Waals surface area (Å²) in [6.07, 6.45) is -0.151. The molecule has 1 rings (SSSR count). The minimum atomic E-state index is -0.151. The van der Waals surface area contributed by atoms with E-state index in [0.29, 0.717) is 12.5 Å². The summed E-state index contributed by atoms with van der Waals surface area (Å²) < 4.78 is 5.27. The predicted molar refractivity (Wildman–Crippen MR) is 89.2 cm³/mol. The summed E-state index contributed by atoms with van der Waals surface area (Å²) in [6.45, 7) is 16.9. The van der Waals surface area contributed by atoms with Crippen molar-refractivity contribution in [1.82, 2.24) is 14.7 Å². The Kier molecular flexibility index (Phi) is 10.8. The summed E-state index contributed by atoms with van der Waals surface area (Å²) in [6, 6.07) is 0. The summed E-state index contributed by atoms with van der Waals surface area (Å²) in [5.74, 6) is 0.398. The summed E-state index contributed by atoms with van der Waals surface area (Å²) in [5, 5.41) is 0. The molecule has 0 saturated carbocycles. The van der Waals surface area contributed by atoms with Crippen molar-refractivity contribution in [1.29, 1.82) is 0 Å². The molecule has 0 radical (unpaired) electrons. The molecule has 1 aliphatic heterocycles. The van der Waals surface area contributed by atoms with Crippen molar-refractivity contribution < 1.29 is 9.53 Å². The minimum Gasteiger partial charge on any atom is -0.449 e. The fourth-order valence-corrected chi connectivity index (χ4v) is 2.31. The molecule has 0 aliphatic carbocycles. The standard InChI is InChI=1S/C15H31N3O2.ClH/c1-5-16(6-2)7-8-17-9-11-18(12-10-17)15(19)20-13-14(3)4;/h14H,5-13H2,1-4H3;1H. The quantitative estimate of drug-likeness (QED) is 0.720. The minimum absolute atomic E-state index is 0. The number of carbonyl (C=O) groups excluding carboxylic acids is 1. The van der Waals surface area contributed by atoms with Crippen molar-refractivity contribution in [2.45, 2.75) is 27.7 Å². The highest BCUT2D eigenvalue weighted by molar-refractivity contribution is 5.85. The second-order valence-corrected chi connectivity index (χ2v) is 5.83. The summed E-state index contributed by atoms with van der Waals surface area (Å²) in [7, 11) is 0. The SMILES string of the molecule is CCN(CC)CCN1CCN(C(=O)OCC(C)C)CC1.Cl. The van der Waals surface area contributed by atoms with E-state index in [1.54, 1.807) is 0 Å². The van der Waals surface area contributed by atoms with Crippen molar-refractivity contribution in [2.24, 2.45) is 5.92 Å². The highest BCUT2D eigenvalue weighted by Gasteiger charge is 2.22. The zero-order valence-electron chi connectivity index (χ0n) is 14.0. The van der Waals surface area contributed by atoms with Gasteiger partial charge in [0, 0.05) is 39.3 Å². The van der Waals surface area contributed by atoms with E-state index in [-0.39, 0.29) is 18.5 Å². The Bertz CT molecular complexity index is 278. The van der Waals surface area contributed by atoms with Gasteiger partial charge < -0.3 is 14.5 Å². The van der Waals surface area contributed by atoms with E-state index < -0.39 is 0 Å². The monoisotopic (exact) mass is 321 g/mol. The molecule has 0 N–H and O–H groups in total. The van der Waals surface area contributed by atoms with Crippen LogP contribution in [0.2, 0.25) is 0 Å². The average Bonchev–Trinajstić information content (AvgIpc) is 2.46. The molecule has 1 amide bonds. The number of piperazine rings is 1. The fourth-order valence-electron chi connectivity index (χ4n) is 2.31. The smallest absolute Gasteiger partial charge is 0.409 e. The maximum Gasteiger partial charge on any atom is 0.409 e. The Morgan fingerprint density at radius 3 is 2.19 bits per heavy atom. The number of amides is 1. The van der Waals surface area contributed by atoms with Crippen LogP contribution in [0.1, 0.15) is 27.7 Å². The van der Waals surface area contributed by atoms with Crippen LogP contribution in [0.25, 0.3) is 0 Å². The number of carbonyl (C=O) groups is 1. The fraction of sp³-hybridized carbons (Fsp3) is 0.933. The first kappa shape index (κ1) is 20.5. The lowest BCUT2D eigenvalue weighted by atomic mass is 10.2. The summed E-state index contributed by atoms with van der Waals surface area (Å²) in [4.78, 5) is 18.5. The molecule has 0 bridgehead atoms. The summed E-state index contributed by atoms with van der Waals surface area (Å²) in [5.41, 5.74) is 0. The van der Waals surface area contributed by atoms with Gasteiger partial charge in [-0.25, -0.2) is 4.79 Å².